The number of anilines is 2. The molecule has 22 heavy (non-hydrogen) atoms. The van der Waals surface area contributed by atoms with Crippen LogP contribution in [-0.4, -0.2) is 18.9 Å². The maximum absolute atomic E-state index is 12.0. The van der Waals surface area contributed by atoms with Crippen molar-refractivity contribution in [1.29, 1.82) is 0 Å². The van der Waals surface area contributed by atoms with Crippen molar-refractivity contribution >= 4 is 23.2 Å². The van der Waals surface area contributed by atoms with Gasteiger partial charge < -0.3 is 16.4 Å². The van der Waals surface area contributed by atoms with Gasteiger partial charge in [0, 0.05) is 30.4 Å². The van der Waals surface area contributed by atoms with Crippen LogP contribution in [0.25, 0.3) is 0 Å². The van der Waals surface area contributed by atoms with E-state index in [0.29, 0.717) is 29.8 Å². The molecule has 2 aromatic carbocycles. The number of nitrogens with one attached hydrogen (secondary N) is 2. The predicted octanol–water partition coefficient (Wildman–Crippen LogP) is 2.20. The topological polar surface area (TPSA) is 84.2 Å². The van der Waals surface area contributed by atoms with Crippen molar-refractivity contribution in [3.05, 3.63) is 59.7 Å². The summed E-state index contributed by atoms with van der Waals surface area (Å²) < 4.78 is 0. The van der Waals surface area contributed by atoms with Gasteiger partial charge in [0.25, 0.3) is 5.91 Å². The predicted molar refractivity (Wildman–Crippen MR) is 87.6 cm³/mol. The Morgan fingerprint density at radius 2 is 1.86 bits per heavy atom. The van der Waals surface area contributed by atoms with Crippen LogP contribution in [0.2, 0.25) is 0 Å². The van der Waals surface area contributed by atoms with Crippen molar-refractivity contribution in [1.82, 2.24) is 5.32 Å². The molecule has 0 aliphatic rings. The Labute approximate surface area is 129 Å². The largest absolute Gasteiger partial charge is 0.399 e. The van der Waals surface area contributed by atoms with Gasteiger partial charge in [-0.2, -0.15) is 0 Å². The van der Waals surface area contributed by atoms with E-state index in [1.807, 2.05) is 24.3 Å². The van der Waals surface area contributed by atoms with Crippen molar-refractivity contribution in [2.75, 3.05) is 18.1 Å². The summed E-state index contributed by atoms with van der Waals surface area (Å²) in [6, 6.07) is 14.3. The molecule has 0 bridgehead atoms. The molecule has 2 amide bonds. The number of hydrogen-bond acceptors (Lipinski definition) is 3. The molecule has 0 radical (unpaired) electrons. The lowest BCUT2D eigenvalue weighted by molar-refractivity contribution is -0.116. The third-order valence-corrected chi connectivity index (χ3v) is 3.23. The van der Waals surface area contributed by atoms with Crippen LogP contribution in [0.4, 0.5) is 11.4 Å². The Morgan fingerprint density at radius 3 is 2.59 bits per heavy atom. The third kappa shape index (κ3) is 4.34. The Bertz CT molecular complexity index is 683. The Morgan fingerprint density at radius 1 is 1.09 bits per heavy atom. The van der Waals surface area contributed by atoms with Crippen molar-refractivity contribution in [3.63, 3.8) is 0 Å². The zero-order chi connectivity index (χ0) is 15.9. The van der Waals surface area contributed by atoms with Gasteiger partial charge in [-0.1, -0.05) is 18.2 Å². The standard InChI is InChI=1S/C17H19N3O2/c1-19-17(22)13-5-3-7-15(11-13)20-16(21)9-8-12-4-2-6-14(18)10-12/h2-7,10-11H,8-9,18H2,1H3,(H,19,22)(H,20,21). The Balaban J connectivity index is 1.93. The molecule has 0 unspecified atom stereocenters. The van der Waals surface area contributed by atoms with E-state index >= 15 is 0 Å². The Hall–Kier alpha value is -2.82. The number of nitrogens with two attached hydrogens (primary N) is 1. The molecule has 5 nitrogen and oxygen atoms in total. The average Bonchev–Trinajstić information content (AvgIpc) is 2.52. The van der Waals surface area contributed by atoms with Crippen molar-refractivity contribution in [2.24, 2.45) is 0 Å². The molecular weight excluding hydrogens is 278 g/mol. The Kier molecular flexibility index (Phi) is 5.14. The summed E-state index contributed by atoms with van der Waals surface area (Å²) >= 11 is 0. The van der Waals surface area contributed by atoms with Crippen molar-refractivity contribution in [3.8, 4) is 0 Å². The van der Waals surface area contributed by atoms with E-state index in [-0.39, 0.29) is 11.8 Å². The van der Waals surface area contributed by atoms with Crippen molar-refractivity contribution in [2.45, 2.75) is 12.8 Å². The van der Waals surface area contributed by atoms with Gasteiger partial charge in [0.15, 0.2) is 0 Å². The molecule has 0 aliphatic carbocycles. The van der Waals surface area contributed by atoms with Crippen LogP contribution < -0.4 is 16.4 Å². The van der Waals surface area contributed by atoms with Gasteiger partial charge in [-0.05, 0) is 42.3 Å². The van der Waals surface area contributed by atoms with Gasteiger partial charge in [-0.25, -0.2) is 0 Å². The molecule has 114 valence electrons. The minimum Gasteiger partial charge on any atom is -0.399 e. The van der Waals surface area contributed by atoms with Crippen LogP contribution in [-0.2, 0) is 11.2 Å². The van der Waals surface area contributed by atoms with Crippen LogP contribution in [0.5, 0.6) is 0 Å². The van der Waals surface area contributed by atoms with Crippen LogP contribution in [0, 0.1) is 0 Å². The number of amides is 2. The number of carbonyl (C=O) groups is 2. The summed E-state index contributed by atoms with van der Waals surface area (Å²) in [4.78, 5) is 23.5. The molecule has 5 heteroatoms. The SMILES string of the molecule is CNC(=O)c1cccc(NC(=O)CCc2cccc(N)c2)c1. The summed E-state index contributed by atoms with van der Waals surface area (Å²) in [5.74, 6) is -0.285. The molecule has 0 saturated heterocycles. The second-order valence-electron chi connectivity index (χ2n) is 4.95. The average molecular weight is 297 g/mol. The van der Waals surface area contributed by atoms with Gasteiger partial charge in [0.1, 0.15) is 0 Å². The molecule has 0 heterocycles. The quantitative estimate of drug-likeness (QED) is 0.740. The fraction of sp³-hybridized carbons (Fsp3) is 0.176. The first-order valence-corrected chi connectivity index (χ1v) is 7.05. The van der Waals surface area contributed by atoms with E-state index in [0.717, 1.165) is 5.56 Å². The first-order valence-electron chi connectivity index (χ1n) is 7.05. The molecule has 0 aromatic heterocycles. The van der Waals surface area contributed by atoms with Crippen molar-refractivity contribution < 1.29 is 9.59 Å². The van der Waals surface area contributed by atoms with Gasteiger partial charge in [0.2, 0.25) is 5.91 Å². The zero-order valence-corrected chi connectivity index (χ0v) is 12.4. The van der Waals surface area contributed by atoms with Gasteiger partial charge in [0.05, 0.1) is 0 Å². The molecule has 2 rings (SSSR count). The van der Waals surface area contributed by atoms with E-state index in [2.05, 4.69) is 10.6 Å². The number of nitrogen functional groups attached to an aromatic ring is 1. The minimum absolute atomic E-state index is 0.100. The summed E-state index contributed by atoms with van der Waals surface area (Å²) in [7, 11) is 1.57. The maximum atomic E-state index is 12.0. The highest BCUT2D eigenvalue weighted by molar-refractivity contribution is 5.97. The second kappa shape index (κ2) is 7.26. The van der Waals surface area contributed by atoms with Gasteiger partial charge in [-0.3, -0.25) is 9.59 Å². The lowest BCUT2D eigenvalue weighted by atomic mass is 10.1. The van der Waals surface area contributed by atoms with E-state index in [9.17, 15) is 9.59 Å². The van der Waals surface area contributed by atoms with E-state index in [1.165, 1.54) is 0 Å². The monoisotopic (exact) mass is 297 g/mol. The molecule has 4 N–H and O–H groups in total. The smallest absolute Gasteiger partial charge is 0.251 e. The molecule has 0 aliphatic heterocycles. The highest BCUT2D eigenvalue weighted by atomic mass is 16.2. The number of rotatable bonds is 5. The molecule has 0 atom stereocenters. The summed E-state index contributed by atoms with van der Waals surface area (Å²) in [5.41, 5.74) is 8.54. The molecular formula is C17H19N3O2. The molecule has 2 aromatic rings. The minimum atomic E-state index is -0.184. The fourth-order valence-corrected chi connectivity index (χ4v) is 2.11. The third-order valence-electron chi connectivity index (χ3n) is 3.23. The highest BCUT2D eigenvalue weighted by Gasteiger charge is 2.07. The van der Waals surface area contributed by atoms with Gasteiger partial charge in [-0.15, -0.1) is 0 Å². The first kappa shape index (κ1) is 15.6. The maximum Gasteiger partial charge on any atom is 0.251 e. The number of hydrogen-bond donors (Lipinski definition) is 3. The van der Waals surface area contributed by atoms with E-state index in [4.69, 9.17) is 5.73 Å². The van der Waals surface area contributed by atoms with Crippen LogP contribution in [0.3, 0.4) is 0 Å². The number of aryl methyl sites for hydroxylation is 1. The fourth-order valence-electron chi connectivity index (χ4n) is 2.11. The van der Waals surface area contributed by atoms with Crippen LogP contribution in [0.15, 0.2) is 48.5 Å². The first-order chi connectivity index (χ1) is 10.6. The van der Waals surface area contributed by atoms with Crippen LogP contribution >= 0.6 is 0 Å². The molecule has 0 saturated carbocycles. The highest BCUT2D eigenvalue weighted by Crippen LogP contribution is 2.13. The molecule has 0 fully saturated rings. The van der Waals surface area contributed by atoms with Crippen LogP contribution in [0.1, 0.15) is 22.3 Å². The lowest BCUT2D eigenvalue weighted by Gasteiger charge is -2.07. The second-order valence-corrected chi connectivity index (χ2v) is 4.95. The van der Waals surface area contributed by atoms with E-state index < -0.39 is 0 Å². The normalized spacial score (nSPS) is 10.0. The zero-order valence-electron chi connectivity index (χ0n) is 12.4. The molecule has 0 spiro atoms. The summed E-state index contributed by atoms with van der Waals surface area (Å²) in [6.07, 6.45) is 0.972. The van der Waals surface area contributed by atoms with E-state index in [1.54, 1.807) is 31.3 Å². The summed E-state index contributed by atoms with van der Waals surface area (Å²) in [5, 5.41) is 5.35. The summed E-state index contributed by atoms with van der Waals surface area (Å²) in [6.45, 7) is 0. The number of benzene rings is 2. The lowest BCUT2D eigenvalue weighted by Crippen LogP contribution is -2.18. The number of carbonyl (C=O) groups excluding carboxylic acids is 2. The van der Waals surface area contributed by atoms with Gasteiger partial charge >= 0.3 is 0 Å².